The van der Waals surface area contributed by atoms with E-state index in [0.717, 1.165) is 31.7 Å². The highest BCUT2D eigenvalue weighted by molar-refractivity contribution is 7.99. The van der Waals surface area contributed by atoms with E-state index in [1.165, 1.54) is 12.2 Å². The van der Waals surface area contributed by atoms with E-state index in [1.807, 2.05) is 11.8 Å². The van der Waals surface area contributed by atoms with Gasteiger partial charge in [0.2, 0.25) is 0 Å². The first-order chi connectivity index (χ1) is 9.16. The Balaban J connectivity index is 1.68. The summed E-state index contributed by atoms with van der Waals surface area (Å²) >= 11 is 1.93. The summed E-state index contributed by atoms with van der Waals surface area (Å²) in [7, 11) is 0. The maximum Gasteiger partial charge on any atom is 0.315 e. The monoisotopic (exact) mass is 286 g/mol. The van der Waals surface area contributed by atoms with E-state index < -0.39 is 0 Å². The minimum absolute atomic E-state index is 0.0121. The molecule has 2 rings (SSSR count). The zero-order chi connectivity index (χ0) is 13.7. The molecule has 0 saturated carbocycles. The van der Waals surface area contributed by atoms with Gasteiger partial charge >= 0.3 is 6.03 Å². The smallest absolute Gasteiger partial charge is 0.315 e. The molecule has 2 saturated heterocycles. The van der Waals surface area contributed by atoms with Gasteiger partial charge in [0.1, 0.15) is 0 Å². The molecule has 2 amide bonds. The van der Waals surface area contributed by atoms with Crippen LogP contribution < -0.4 is 10.6 Å². The van der Waals surface area contributed by atoms with Crippen LogP contribution in [0.3, 0.4) is 0 Å². The second kappa shape index (κ2) is 7.39. The van der Waals surface area contributed by atoms with Crippen molar-refractivity contribution in [3.63, 3.8) is 0 Å². The molecule has 19 heavy (non-hydrogen) atoms. The number of urea groups is 1. The van der Waals surface area contributed by atoms with Gasteiger partial charge in [0, 0.05) is 30.9 Å². The molecule has 0 unspecified atom stereocenters. The SMILES string of the molecule is CC(C)[C@@H]1OCC[C@@H]1CNC(=O)N[C@H]1CCCSC1. The molecule has 2 N–H and O–H groups in total. The number of hydrogen-bond donors (Lipinski definition) is 2. The predicted octanol–water partition coefficient (Wildman–Crippen LogP) is 2.24. The molecule has 2 fully saturated rings. The zero-order valence-corrected chi connectivity index (χ0v) is 12.8. The lowest BCUT2D eigenvalue weighted by Crippen LogP contribution is -2.46. The lowest BCUT2D eigenvalue weighted by molar-refractivity contribution is 0.0545. The highest BCUT2D eigenvalue weighted by Crippen LogP contribution is 2.26. The second-order valence-electron chi connectivity index (χ2n) is 5.90. The van der Waals surface area contributed by atoms with Crippen LogP contribution in [0.5, 0.6) is 0 Å². The molecule has 0 aliphatic carbocycles. The molecule has 0 spiro atoms. The van der Waals surface area contributed by atoms with Gasteiger partial charge < -0.3 is 15.4 Å². The molecular weight excluding hydrogens is 260 g/mol. The molecule has 2 heterocycles. The average molecular weight is 286 g/mol. The standard InChI is InChI=1S/C14H26N2O2S/c1-10(2)13-11(5-6-18-13)8-15-14(17)16-12-4-3-7-19-9-12/h10-13H,3-9H2,1-2H3,(H2,15,16,17)/t11-,12+,13+/m1/s1. The van der Waals surface area contributed by atoms with E-state index >= 15 is 0 Å². The van der Waals surface area contributed by atoms with E-state index in [4.69, 9.17) is 4.74 Å². The quantitative estimate of drug-likeness (QED) is 0.833. The maximum absolute atomic E-state index is 11.9. The number of carbonyl (C=O) groups excluding carboxylic acids is 1. The Bertz CT molecular complexity index is 293. The van der Waals surface area contributed by atoms with E-state index in [2.05, 4.69) is 24.5 Å². The summed E-state index contributed by atoms with van der Waals surface area (Å²) in [4.78, 5) is 11.9. The minimum atomic E-state index is -0.0121. The number of carbonyl (C=O) groups is 1. The fourth-order valence-electron chi connectivity index (χ4n) is 2.93. The molecule has 110 valence electrons. The lowest BCUT2D eigenvalue weighted by atomic mass is 9.93. The van der Waals surface area contributed by atoms with Crippen LogP contribution in [-0.2, 0) is 4.74 Å². The Morgan fingerprint density at radius 1 is 1.42 bits per heavy atom. The third-order valence-corrected chi connectivity index (χ3v) is 5.16. The molecule has 0 aromatic rings. The van der Waals surface area contributed by atoms with Crippen molar-refractivity contribution in [3.8, 4) is 0 Å². The Hall–Kier alpha value is -0.420. The first-order valence-corrected chi connectivity index (χ1v) is 8.56. The number of amides is 2. The molecule has 3 atom stereocenters. The molecule has 0 aromatic heterocycles. The van der Waals surface area contributed by atoms with Crippen molar-refractivity contribution in [1.29, 1.82) is 0 Å². The fraction of sp³-hybridized carbons (Fsp3) is 0.929. The van der Waals surface area contributed by atoms with Crippen LogP contribution in [0, 0.1) is 11.8 Å². The third-order valence-electron chi connectivity index (χ3n) is 3.94. The Morgan fingerprint density at radius 3 is 2.95 bits per heavy atom. The van der Waals surface area contributed by atoms with Gasteiger partial charge in [-0.3, -0.25) is 0 Å². The Labute approximate surface area is 120 Å². The lowest BCUT2D eigenvalue weighted by Gasteiger charge is -2.25. The first-order valence-electron chi connectivity index (χ1n) is 7.40. The van der Waals surface area contributed by atoms with Gasteiger partial charge in [0.25, 0.3) is 0 Å². The average Bonchev–Trinajstić information content (AvgIpc) is 2.86. The van der Waals surface area contributed by atoms with Crippen LogP contribution in [0.15, 0.2) is 0 Å². The predicted molar refractivity (Wildman–Crippen MR) is 79.6 cm³/mol. The maximum atomic E-state index is 11.9. The van der Waals surface area contributed by atoms with Crippen LogP contribution in [0.4, 0.5) is 4.79 Å². The van der Waals surface area contributed by atoms with Crippen molar-refractivity contribution < 1.29 is 9.53 Å². The molecule has 0 radical (unpaired) electrons. The van der Waals surface area contributed by atoms with Crippen molar-refractivity contribution >= 4 is 17.8 Å². The summed E-state index contributed by atoms with van der Waals surface area (Å²) in [6.07, 6.45) is 3.68. The normalized spacial score (nSPS) is 31.4. The van der Waals surface area contributed by atoms with Gasteiger partial charge in [0.15, 0.2) is 0 Å². The van der Waals surface area contributed by atoms with Crippen LogP contribution >= 0.6 is 11.8 Å². The molecule has 2 aliphatic rings. The summed E-state index contributed by atoms with van der Waals surface area (Å²) in [5.41, 5.74) is 0. The van der Waals surface area contributed by atoms with Crippen LogP contribution in [0.1, 0.15) is 33.1 Å². The van der Waals surface area contributed by atoms with Gasteiger partial charge in [-0.05, 0) is 30.9 Å². The van der Waals surface area contributed by atoms with Gasteiger partial charge in [-0.2, -0.15) is 11.8 Å². The zero-order valence-electron chi connectivity index (χ0n) is 12.0. The molecule has 4 nitrogen and oxygen atoms in total. The Morgan fingerprint density at radius 2 is 2.26 bits per heavy atom. The van der Waals surface area contributed by atoms with E-state index in [1.54, 1.807) is 0 Å². The third kappa shape index (κ3) is 4.56. The molecular formula is C14H26N2O2S. The van der Waals surface area contributed by atoms with E-state index in [-0.39, 0.29) is 6.03 Å². The summed E-state index contributed by atoms with van der Waals surface area (Å²) < 4.78 is 5.73. The van der Waals surface area contributed by atoms with Gasteiger partial charge in [-0.15, -0.1) is 0 Å². The number of thioether (sulfide) groups is 1. The number of ether oxygens (including phenoxy) is 1. The highest BCUT2D eigenvalue weighted by atomic mass is 32.2. The summed E-state index contributed by atoms with van der Waals surface area (Å²) in [6.45, 7) is 5.93. The number of rotatable bonds is 4. The van der Waals surface area contributed by atoms with Crippen molar-refractivity contribution in [3.05, 3.63) is 0 Å². The van der Waals surface area contributed by atoms with Crippen LogP contribution in [0.25, 0.3) is 0 Å². The van der Waals surface area contributed by atoms with Crippen LogP contribution in [-0.4, -0.2) is 42.8 Å². The topological polar surface area (TPSA) is 50.4 Å². The molecule has 0 aromatic carbocycles. The van der Waals surface area contributed by atoms with E-state index in [9.17, 15) is 4.79 Å². The van der Waals surface area contributed by atoms with Gasteiger partial charge in [-0.25, -0.2) is 4.79 Å². The van der Waals surface area contributed by atoms with Crippen molar-refractivity contribution in [1.82, 2.24) is 10.6 Å². The summed E-state index contributed by atoms with van der Waals surface area (Å²) in [5, 5.41) is 6.09. The van der Waals surface area contributed by atoms with Gasteiger partial charge in [-0.1, -0.05) is 13.8 Å². The molecule has 2 aliphatic heterocycles. The minimum Gasteiger partial charge on any atom is -0.378 e. The molecule has 5 heteroatoms. The highest BCUT2D eigenvalue weighted by Gasteiger charge is 2.30. The number of hydrogen-bond acceptors (Lipinski definition) is 3. The summed E-state index contributed by atoms with van der Waals surface area (Å²) in [5.74, 6) is 3.27. The molecule has 0 bridgehead atoms. The van der Waals surface area contributed by atoms with Crippen molar-refractivity contribution in [2.75, 3.05) is 24.7 Å². The van der Waals surface area contributed by atoms with Crippen molar-refractivity contribution in [2.24, 2.45) is 11.8 Å². The fourth-order valence-corrected chi connectivity index (χ4v) is 4.00. The number of nitrogens with one attached hydrogen (secondary N) is 2. The van der Waals surface area contributed by atoms with Crippen molar-refractivity contribution in [2.45, 2.75) is 45.3 Å². The van der Waals surface area contributed by atoms with Gasteiger partial charge in [0.05, 0.1) is 6.10 Å². The first kappa shape index (κ1) is 15.0. The Kier molecular flexibility index (Phi) is 5.82. The van der Waals surface area contributed by atoms with Crippen LogP contribution in [0.2, 0.25) is 0 Å². The second-order valence-corrected chi connectivity index (χ2v) is 7.05. The largest absolute Gasteiger partial charge is 0.378 e. The summed E-state index contributed by atoms with van der Waals surface area (Å²) in [6, 6.07) is 0.335. The van der Waals surface area contributed by atoms with E-state index in [0.29, 0.717) is 24.0 Å².